The number of benzene rings is 1. The van der Waals surface area contributed by atoms with Gasteiger partial charge in [0.1, 0.15) is 5.75 Å². The van der Waals surface area contributed by atoms with Gasteiger partial charge in [0.05, 0.1) is 6.04 Å². The van der Waals surface area contributed by atoms with Crippen molar-refractivity contribution in [1.29, 1.82) is 0 Å². The summed E-state index contributed by atoms with van der Waals surface area (Å²) in [5.41, 5.74) is 7.04. The van der Waals surface area contributed by atoms with Crippen molar-refractivity contribution >= 4 is 0 Å². The minimum Gasteiger partial charge on any atom is -0.508 e. The minimum atomic E-state index is -0.324. The summed E-state index contributed by atoms with van der Waals surface area (Å²) in [4.78, 5) is 4.27. The van der Waals surface area contributed by atoms with E-state index in [-0.39, 0.29) is 17.7 Å². The molecule has 2 aromatic rings. The molecule has 5 heteroatoms. The van der Waals surface area contributed by atoms with E-state index in [2.05, 4.69) is 10.1 Å². The lowest BCUT2D eigenvalue weighted by Crippen LogP contribution is -2.13. The average molecular weight is 247 g/mol. The van der Waals surface area contributed by atoms with Crippen molar-refractivity contribution in [3.8, 4) is 5.75 Å². The zero-order valence-corrected chi connectivity index (χ0v) is 10.5. The van der Waals surface area contributed by atoms with Crippen LogP contribution in [-0.2, 0) is 6.42 Å². The molecular weight excluding hydrogens is 230 g/mol. The van der Waals surface area contributed by atoms with Crippen LogP contribution in [0.2, 0.25) is 0 Å². The van der Waals surface area contributed by atoms with E-state index in [0.29, 0.717) is 18.1 Å². The molecule has 96 valence electrons. The van der Waals surface area contributed by atoms with E-state index in [1.807, 2.05) is 26.0 Å². The SMILES string of the molecule is CC(C)c1noc([C@H](N)Cc2ccc(O)cc2)n1. The first kappa shape index (κ1) is 12.6. The van der Waals surface area contributed by atoms with E-state index >= 15 is 0 Å². The number of nitrogens with two attached hydrogens (primary N) is 1. The predicted molar refractivity (Wildman–Crippen MR) is 67.1 cm³/mol. The van der Waals surface area contributed by atoms with Gasteiger partial charge in [-0.05, 0) is 24.1 Å². The first-order chi connectivity index (χ1) is 8.56. The van der Waals surface area contributed by atoms with Gasteiger partial charge in [0.25, 0.3) is 0 Å². The second kappa shape index (κ2) is 5.18. The number of aromatic nitrogens is 2. The molecule has 0 aliphatic rings. The van der Waals surface area contributed by atoms with Crippen molar-refractivity contribution in [3.05, 3.63) is 41.5 Å². The average Bonchev–Trinajstić information content (AvgIpc) is 2.81. The summed E-state index contributed by atoms with van der Waals surface area (Å²) in [7, 11) is 0. The molecule has 0 amide bonds. The Kier molecular flexibility index (Phi) is 3.62. The number of nitrogens with zero attached hydrogens (tertiary/aromatic N) is 2. The Morgan fingerprint density at radius 2 is 1.94 bits per heavy atom. The van der Waals surface area contributed by atoms with Crippen molar-refractivity contribution in [3.63, 3.8) is 0 Å². The molecule has 18 heavy (non-hydrogen) atoms. The molecule has 0 saturated heterocycles. The molecule has 2 rings (SSSR count). The summed E-state index contributed by atoms with van der Waals surface area (Å²) < 4.78 is 5.15. The lowest BCUT2D eigenvalue weighted by Gasteiger charge is -2.06. The summed E-state index contributed by atoms with van der Waals surface area (Å²) in [6.45, 7) is 4.00. The summed E-state index contributed by atoms with van der Waals surface area (Å²) in [5.74, 6) is 1.59. The van der Waals surface area contributed by atoms with Gasteiger partial charge < -0.3 is 15.4 Å². The van der Waals surface area contributed by atoms with Crippen LogP contribution in [0.5, 0.6) is 5.75 Å². The summed E-state index contributed by atoms with van der Waals surface area (Å²) in [6.07, 6.45) is 0.597. The smallest absolute Gasteiger partial charge is 0.243 e. The minimum absolute atomic E-state index is 0.225. The molecule has 1 atom stereocenters. The van der Waals surface area contributed by atoms with Gasteiger partial charge in [-0.3, -0.25) is 0 Å². The largest absolute Gasteiger partial charge is 0.508 e. The lowest BCUT2D eigenvalue weighted by atomic mass is 10.1. The number of aromatic hydroxyl groups is 1. The molecule has 0 aliphatic carbocycles. The Morgan fingerprint density at radius 3 is 2.50 bits per heavy atom. The molecule has 1 heterocycles. The van der Waals surface area contributed by atoms with Crippen LogP contribution in [0.3, 0.4) is 0 Å². The molecule has 1 aromatic heterocycles. The molecule has 0 spiro atoms. The highest BCUT2D eigenvalue weighted by molar-refractivity contribution is 5.26. The van der Waals surface area contributed by atoms with Gasteiger partial charge in [0, 0.05) is 5.92 Å². The fourth-order valence-electron chi connectivity index (χ4n) is 1.61. The fourth-order valence-corrected chi connectivity index (χ4v) is 1.61. The maximum absolute atomic E-state index is 9.20. The zero-order valence-electron chi connectivity index (χ0n) is 10.5. The molecule has 0 fully saturated rings. The molecule has 0 radical (unpaired) electrons. The van der Waals surface area contributed by atoms with E-state index in [9.17, 15) is 5.11 Å². The molecule has 3 N–H and O–H groups in total. The van der Waals surface area contributed by atoms with Crippen LogP contribution in [0.25, 0.3) is 0 Å². The number of hydrogen-bond acceptors (Lipinski definition) is 5. The lowest BCUT2D eigenvalue weighted by molar-refractivity contribution is 0.349. The monoisotopic (exact) mass is 247 g/mol. The van der Waals surface area contributed by atoms with Crippen molar-refractivity contribution in [2.24, 2.45) is 5.73 Å². The topological polar surface area (TPSA) is 85.2 Å². The normalized spacial score (nSPS) is 12.9. The first-order valence-electron chi connectivity index (χ1n) is 5.93. The van der Waals surface area contributed by atoms with Crippen LogP contribution < -0.4 is 5.73 Å². The maximum Gasteiger partial charge on any atom is 0.243 e. The molecule has 0 saturated carbocycles. The predicted octanol–water partition coefficient (Wildman–Crippen LogP) is 2.14. The van der Waals surface area contributed by atoms with Gasteiger partial charge in [0.2, 0.25) is 5.89 Å². The van der Waals surface area contributed by atoms with E-state index in [0.717, 1.165) is 5.56 Å². The molecule has 0 unspecified atom stereocenters. The van der Waals surface area contributed by atoms with Crippen molar-refractivity contribution < 1.29 is 9.63 Å². The Labute approximate surface area is 106 Å². The van der Waals surface area contributed by atoms with Gasteiger partial charge in [0.15, 0.2) is 5.82 Å². The third-order valence-electron chi connectivity index (χ3n) is 2.68. The highest BCUT2D eigenvalue weighted by Gasteiger charge is 2.16. The Morgan fingerprint density at radius 1 is 1.28 bits per heavy atom. The van der Waals surface area contributed by atoms with Crippen molar-refractivity contribution in [2.75, 3.05) is 0 Å². The van der Waals surface area contributed by atoms with Gasteiger partial charge >= 0.3 is 0 Å². The third kappa shape index (κ3) is 2.87. The van der Waals surface area contributed by atoms with E-state index in [4.69, 9.17) is 10.3 Å². The van der Waals surface area contributed by atoms with Gasteiger partial charge in [-0.25, -0.2) is 0 Å². The fraction of sp³-hybridized carbons (Fsp3) is 0.385. The molecule has 5 nitrogen and oxygen atoms in total. The van der Waals surface area contributed by atoms with Gasteiger partial charge in [-0.1, -0.05) is 31.1 Å². The quantitative estimate of drug-likeness (QED) is 0.864. The second-order valence-electron chi connectivity index (χ2n) is 4.62. The zero-order chi connectivity index (χ0) is 13.1. The first-order valence-corrected chi connectivity index (χ1v) is 5.93. The van der Waals surface area contributed by atoms with Crippen LogP contribution >= 0.6 is 0 Å². The van der Waals surface area contributed by atoms with Gasteiger partial charge in [-0.15, -0.1) is 0 Å². The van der Waals surface area contributed by atoms with E-state index < -0.39 is 0 Å². The Hall–Kier alpha value is -1.88. The molecule has 0 bridgehead atoms. The summed E-state index contributed by atoms with van der Waals surface area (Å²) in [6, 6.07) is 6.60. The number of hydrogen-bond donors (Lipinski definition) is 2. The second-order valence-corrected chi connectivity index (χ2v) is 4.62. The van der Waals surface area contributed by atoms with Gasteiger partial charge in [-0.2, -0.15) is 4.98 Å². The molecule has 1 aromatic carbocycles. The highest BCUT2D eigenvalue weighted by atomic mass is 16.5. The van der Waals surface area contributed by atoms with Crippen LogP contribution in [0.4, 0.5) is 0 Å². The number of rotatable bonds is 4. The highest BCUT2D eigenvalue weighted by Crippen LogP contribution is 2.18. The summed E-state index contributed by atoms with van der Waals surface area (Å²) in [5, 5.41) is 13.1. The molecular formula is C13H17N3O2. The van der Waals surface area contributed by atoms with Crippen LogP contribution in [-0.4, -0.2) is 15.2 Å². The Bertz CT molecular complexity index is 505. The van der Waals surface area contributed by atoms with Crippen molar-refractivity contribution in [2.45, 2.75) is 32.2 Å². The van der Waals surface area contributed by atoms with E-state index in [1.165, 1.54) is 0 Å². The van der Waals surface area contributed by atoms with Crippen LogP contribution in [0, 0.1) is 0 Å². The summed E-state index contributed by atoms with van der Waals surface area (Å²) >= 11 is 0. The van der Waals surface area contributed by atoms with Crippen LogP contribution in [0.15, 0.2) is 28.8 Å². The standard InChI is InChI=1S/C13H17N3O2/c1-8(2)12-15-13(18-16-12)11(14)7-9-3-5-10(17)6-4-9/h3-6,8,11,17H,7,14H2,1-2H3/t11-/m1/s1. The van der Waals surface area contributed by atoms with E-state index in [1.54, 1.807) is 12.1 Å². The van der Waals surface area contributed by atoms with Crippen molar-refractivity contribution in [1.82, 2.24) is 10.1 Å². The third-order valence-corrected chi connectivity index (χ3v) is 2.68. The number of phenols is 1. The maximum atomic E-state index is 9.20. The number of phenolic OH excluding ortho intramolecular Hbond substituents is 1. The Balaban J connectivity index is 2.06. The molecule has 0 aliphatic heterocycles. The van der Waals surface area contributed by atoms with Crippen LogP contribution in [0.1, 0.15) is 43.1 Å².